The van der Waals surface area contributed by atoms with Crippen molar-refractivity contribution in [3.05, 3.63) is 35.4 Å². The third kappa shape index (κ3) is 1.66. The molecule has 0 saturated heterocycles. The Hall–Kier alpha value is -1.97. The van der Waals surface area contributed by atoms with Crippen LogP contribution in [0.15, 0.2) is 24.3 Å². The third-order valence-electron chi connectivity index (χ3n) is 2.35. The van der Waals surface area contributed by atoms with Crippen LogP contribution in [0.4, 0.5) is 11.6 Å². The average Bonchev–Trinajstić information content (AvgIpc) is 2.50. The maximum Gasteiger partial charge on any atom is 0.148 e. The van der Waals surface area contributed by atoms with Gasteiger partial charge in [-0.2, -0.15) is 0 Å². The molecule has 0 fully saturated rings. The summed E-state index contributed by atoms with van der Waals surface area (Å²) >= 11 is 0. The van der Waals surface area contributed by atoms with Gasteiger partial charge in [-0.15, -0.1) is 5.10 Å². The van der Waals surface area contributed by atoms with E-state index >= 15 is 0 Å². The maximum absolute atomic E-state index is 5.81. The normalized spacial score (nSPS) is 10.5. The number of nitrogens with two attached hydrogens (primary N) is 2. The van der Waals surface area contributed by atoms with Gasteiger partial charge in [-0.05, 0) is 31.0 Å². The van der Waals surface area contributed by atoms with Gasteiger partial charge in [0.05, 0.1) is 5.69 Å². The lowest BCUT2D eigenvalue weighted by Gasteiger charge is -2.08. The van der Waals surface area contributed by atoms with Gasteiger partial charge in [0.25, 0.3) is 0 Å². The van der Waals surface area contributed by atoms with E-state index in [1.54, 1.807) is 10.7 Å². The lowest BCUT2D eigenvalue weighted by atomic mass is 10.1. The van der Waals surface area contributed by atoms with Crippen LogP contribution in [-0.4, -0.2) is 9.78 Å². The molecule has 0 unspecified atom stereocenters. The first-order valence-corrected chi connectivity index (χ1v) is 4.76. The number of nitrogen functional groups attached to an aromatic ring is 2. The molecule has 1 heterocycles. The summed E-state index contributed by atoms with van der Waals surface area (Å²) in [6, 6.07) is 7.80. The monoisotopic (exact) mass is 202 g/mol. The molecule has 0 aliphatic rings. The predicted molar refractivity (Wildman–Crippen MR) is 61.9 cm³/mol. The Morgan fingerprint density at radius 3 is 2.47 bits per heavy atom. The van der Waals surface area contributed by atoms with E-state index in [4.69, 9.17) is 11.5 Å². The Balaban J connectivity index is 2.62. The molecule has 15 heavy (non-hydrogen) atoms. The maximum atomic E-state index is 5.81. The summed E-state index contributed by atoms with van der Waals surface area (Å²) in [7, 11) is 0. The van der Waals surface area contributed by atoms with Crippen LogP contribution in [0, 0.1) is 13.8 Å². The van der Waals surface area contributed by atoms with Crippen LogP contribution in [0.2, 0.25) is 0 Å². The van der Waals surface area contributed by atoms with Crippen LogP contribution < -0.4 is 11.5 Å². The molecule has 4 N–H and O–H groups in total. The molecule has 4 heteroatoms. The van der Waals surface area contributed by atoms with E-state index in [2.05, 4.69) is 11.2 Å². The van der Waals surface area contributed by atoms with Crippen LogP contribution >= 0.6 is 0 Å². The number of aromatic nitrogens is 2. The molecule has 2 aromatic rings. The first-order chi connectivity index (χ1) is 7.08. The largest absolute Gasteiger partial charge is 0.384 e. The number of hydrogen-bond acceptors (Lipinski definition) is 3. The summed E-state index contributed by atoms with van der Waals surface area (Å²) in [6.45, 7) is 4.05. The fourth-order valence-electron chi connectivity index (χ4n) is 1.56. The van der Waals surface area contributed by atoms with Gasteiger partial charge in [-0.3, -0.25) is 0 Å². The topological polar surface area (TPSA) is 69.9 Å². The van der Waals surface area contributed by atoms with Crippen molar-refractivity contribution in [3.8, 4) is 5.69 Å². The van der Waals surface area contributed by atoms with Crippen molar-refractivity contribution in [2.45, 2.75) is 13.8 Å². The summed E-state index contributed by atoms with van der Waals surface area (Å²) in [4.78, 5) is 0. The Morgan fingerprint density at radius 1 is 1.13 bits per heavy atom. The second-order valence-electron chi connectivity index (χ2n) is 3.70. The number of anilines is 2. The van der Waals surface area contributed by atoms with E-state index in [0.717, 1.165) is 11.3 Å². The van der Waals surface area contributed by atoms with Crippen molar-refractivity contribution in [2.24, 2.45) is 0 Å². The van der Waals surface area contributed by atoms with Gasteiger partial charge in [-0.1, -0.05) is 12.1 Å². The van der Waals surface area contributed by atoms with Crippen molar-refractivity contribution in [3.63, 3.8) is 0 Å². The zero-order chi connectivity index (χ0) is 11.0. The fraction of sp³-hybridized carbons (Fsp3) is 0.182. The third-order valence-corrected chi connectivity index (χ3v) is 2.35. The average molecular weight is 202 g/mol. The zero-order valence-corrected chi connectivity index (χ0v) is 8.86. The molecule has 0 atom stereocenters. The first-order valence-electron chi connectivity index (χ1n) is 4.76. The van der Waals surface area contributed by atoms with Crippen LogP contribution in [-0.2, 0) is 0 Å². The lowest BCUT2D eigenvalue weighted by Crippen LogP contribution is -2.04. The first kappa shape index (κ1) is 9.58. The molecule has 2 rings (SSSR count). The molecule has 1 aromatic carbocycles. The number of aryl methyl sites for hydroxylation is 2. The van der Waals surface area contributed by atoms with Crippen molar-refractivity contribution < 1.29 is 0 Å². The molecule has 0 saturated carbocycles. The standard InChI is InChI=1S/C11H14N4/c1-7-3-4-8(2)9(5-7)15-11(13)6-10(12)14-15/h3-6H,13H2,1-2H3,(H2,12,14). The molecule has 0 aliphatic carbocycles. The van der Waals surface area contributed by atoms with Crippen LogP contribution in [0.5, 0.6) is 0 Å². The zero-order valence-electron chi connectivity index (χ0n) is 8.86. The van der Waals surface area contributed by atoms with Crippen LogP contribution in [0.25, 0.3) is 5.69 Å². The Kier molecular flexibility index (Phi) is 2.11. The van der Waals surface area contributed by atoms with Crippen molar-refractivity contribution in [1.29, 1.82) is 0 Å². The highest BCUT2D eigenvalue weighted by Gasteiger charge is 2.07. The van der Waals surface area contributed by atoms with Crippen molar-refractivity contribution in [1.82, 2.24) is 9.78 Å². The molecule has 4 nitrogen and oxygen atoms in total. The second kappa shape index (κ2) is 3.31. The number of hydrogen-bond donors (Lipinski definition) is 2. The van der Waals surface area contributed by atoms with E-state index in [-0.39, 0.29) is 0 Å². The smallest absolute Gasteiger partial charge is 0.148 e. The molecule has 0 amide bonds. The Bertz CT molecular complexity index is 499. The highest BCUT2D eigenvalue weighted by atomic mass is 15.3. The second-order valence-corrected chi connectivity index (χ2v) is 3.70. The summed E-state index contributed by atoms with van der Waals surface area (Å²) in [5.41, 5.74) is 14.7. The summed E-state index contributed by atoms with van der Waals surface area (Å²) < 4.78 is 1.66. The van der Waals surface area contributed by atoms with Crippen LogP contribution in [0.3, 0.4) is 0 Å². The van der Waals surface area contributed by atoms with E-state index in [9.17, 15) is 0 Å². The molecule has 0 aliphatic heterocycles. The highest BCUT2D eigenvalue weighted by molar-refractivity contribution is 5.52. The Labute approximate surface area is 88.5 Å². The SMILES string of the molecule is Cc1ccc(C)c(-n2nc(N)cc2N)c1. The Morgan fingerprint density at radius 2 is 1.87 bits per heavy atom. The van der Waals surface area contributed by atoms with E-state index < -0.39 is 0 Å². The van der Waals surface area contributed by atoms with Gasteiger partial charge < -0.3 is 11.5 Å². The minimum absolute atomic E-state index is 0.438. The lowest BCUT2D eigenvalue weighted by molar-refractivity contribution is 0.887. The number of nitrogens with zero attached hydrogens (tertiary/aromatic N) is 2. The van der Waals surface area contributed by atoms with Crippen molar-refractivity contribution in [2.75, 3.05) is 11.5 Å². The van der Waals surface area contributed by atoms with Gasteiger partial charge in [0.1, 0.15) is 11.6 Å². The van der Waals surface area contributed by atoms with Gasteiger partial charge in [0, 0.05) is 6.07 Å². The van der Waals surface area contributed by atoms with E-state index in [0.29, 0.717) is 11.6 Å². The van der Waals surface area contributed by atoms with Crippen molar-refractivity contribution >= 4 is 11.6 Å². The van der Waals surface area contributed by atoms with E-state index in [1.807, 2.05) is 26.0 Å². The quantitative estimate of drug-likeness (QED) is 0.738. The van der Waals surface area contributed by atoms with Gasteiger partial charge in [0.2, 0.25) is 0 Å². The van der Waals surface area contributed by atoms with Crippen LogP contribution in [0.1, 0.15) is 11.1 Å². The van der Waals surface area contributed by atoms with E-state index in [1.165, 1.54) is 5.56 Å². The molecule has 0 spiro atoms. The molecule has 0 radical (unpaired) electrons. The predicted octanol–water partition coefficient (Wildman–Crippen LogP) is 1.65. The van der Waals surface area contributed by atoms with Gasteiger partial charge >= 0.3 is 0 Å². The molecule has 1 aromatic heterocycles. The number of benzene rings is 1. The number of rotatable bonds is 1. The minimum Gasteiger partial charge on any atom is -0.384 e. The highest BCUT2D eigenvalue weighted by Crippen LogP contribution is 2.20. The molecular formula is C11H14N4. The minimum atomic E-state index is 0.438. The fourth-order valence-corrected chi connectivity index (χ4v) is 1.56. The molecule has 78 valence electrons. The molecule has 0 bridgehead atoms. The summed E-state index contributed by atoms with van der Waals surface area (Å²) in [5.74, 6) is 0.995. The van der Waals surface area contributed by atoms with Gasteiger partial charge in [-0.25, -0.2) is 4.68 Å². The molecular weight excluding hydrogens is 188 g/mol. The summed E-state index contributed by atoms with van der Waals surface area (Å²) in [6.07, 6.45) is 0. The van der Waals surface area contributed by atoms with Gasteiger partial charge in [0.15, 0.2) is 0 Å². The summed E-state index contributed by atoms with van der Waals surface area (Å²) in [5, 5.41) is 4.15.